The molecule has 3 rings (SSSR count). The zero-order valence-corrected chi connectivity index (χ0v) is 15.4. The van der Waals surface area contributed by atoms with Crippen LogP contribution in [0, 0.1) is 5.82 Å². The van der Waals surface area contributed by atoms with E-state index in [1.807, 2.05) is 0 Å². The monoisotopic (exact) mass is 409 g/mol. The number of halogens is 4. The van der Waals surface area contributed by atoms with Gasteiger partial charge in [0, 0.05) is 18.3 Å². The Labute approximate surface area is 164 Å². The quantitative estimate of drug-likeness (QED) is 0.687. The van der Waals surface area contributed by atoms with E-state index in [9.17, 15) is 27.2 Å². The second-order valence-electron chi connectivity index (χ2n) is 6.99. The number of anilines is 2. The third-order valence-electron chi connectivity index (χ3n) is 4.96. The van der Waals surface area contributed by atoms with Crippen molar-refractivity contribution in [1.82, 2.24) is 4.98 Å². The second-order valence-corrected chi connectivity index (χ2v) is 6.99. The summed E-state index contributed by atoms with van der Waals surface area (Å²) in [4.78, 5) is 28.5. The molecule has 2 aromatic rings. The SMILES string of the molecule is O=C(CCC(F)(F)F)Nc1ccc(C2(C(=O)Nc3ccc(F)cc3)CCC2)cn1. The molecule has 29 heavy (non-hydrogen) atoms. The zero-order valence-electron chi connectivity index (χ0n) is 15.4. The van der Waals surface area contributed by atoms with E-state index in [1.165, 1.54) is 36.5 Å². The van der Waals surface area contributed by atoms with Gasteiger partial charge in [-0.3, -0.25) is 9.59 Å². The Morgan fingerprint density at radius 3 is 2.24 bits per heavy atom. The van der Waals surface area contributed by atoms with E-state index in [-0.39, 0.29) is 11.7 Å². The van der Waals surface area contributed by atoms with Crippen molar-refractivity contribution in [3.63, 3.8) is 0 Å². The molecule has 1 aliphatic carbocycles. The van der Waals surface area contributed by atoms with Crippen LogP contribution < -0.4 is 10.6 Å². The highest BCUT2D eigenvalue weighted by Crippen LogP contribution is 2.44. The summed E-state index contributed by atoms with van der Waals surface area (Å²) in [5, 5.41) is 5.10. The van der Waals surface area contributed by atoms with Crippen LogP contribution in [0.4, 0.5) is 29.1 Å². The molecule has 2 N–H and O–H groups in total. The van der Waals surface area contributed by atoms with Crippen LogP contribution in [0.25, 0.3) is 0 Å². The lowest BCUT2D eigenvalue weighted by Gasteiger charge is -2.40. The van der Waals surface area contributed by atoms with Gasteiger partial charge < -0.3 is 10.6 Å². The highest BCUT2D eigenvalue weighted by molar-refractivity contribution is 6.00. The largest absolute Gasteiger partial charge is 0.389 e. The normalized spacial score (nSPS) is 15.3. The summed E-state index contributed by atoms with van der Waals surface area (Å²) in [6.45, 7) is 0. The number of nitrogens with one attached hydrogen (secondary N) is 2. The van der Waals surface area contributed by atoms with E-state index in [1.54, 1.807) is 6.07 Å². The van der Waals surface area contributed by atoms with Crippen molar-refractivity contribution in [3.8, 4) is 0 Å². The van der Waals surface area contributed by atoms with Crippen molar-refractivity contribution in [1.29, 1.82) is 0 Å². The molecule has 0 saturated heterocycles. The first kappa shape index (κ1) is 20.8. The number of benzene rings is 1. The minimum Gasteiger partial charge on any atom is -0.325 e. The maximum atomic E-state index is 13.0. The molecule has 154 valence electrons. The second kappa shape index (κ2) is 8.18. The van der Waals surface area contributed by atoms with Gasteiger partial charge in [0.25, 0.3) is 0 Å². The number of carbonyl (C=O) groups excluding carboxylic acids is 2. The van der Waals surface area contributed by atoms with Crippen LogP contribution in [0.15, 0.2) is 42.6 Å². The van der Waals surface area contributed by atoms with Gasteiger partial charge in [-0.25, -0.2) is 9.37 Å². The van der Waals surface area contributed by atoms with Crippen LogP contribution in [0.1, 0.15) is 37.7 Å². The van der Waals surface area contributed by atoms with Gasteiger partial charge >= 0.3 is 6.18 Å². The Morgan fingerprint density at radius 2 is 1.72 bits per heavy atom. The van der Waals surface area contributed by atoms with Gasteiger partial charge in [-0.1, -0.05) is 12.5 Å². The Balaban J connectivity index is 1.66. The van der Waals surface area contributed by atoms with Crippen molar-refractivity contribution >= 4 is 23.3 Å². The van der Waals surface area contributed by atoms with Crippen LogP contribution in [0.2, 0.25) is 0 Å². The lowest BCUT2D eigenvalue weighted by molar-refractivity contribution is -0.142. The van der Waals surface area contributed by atoms with Gasteiger partial charge in [-0.15, -0.1) is 0 Å². The van der Waals surface area contributed by atoms with Gasteiger partial charge in [0.1, 0.15) is 11.6 Å². The molecule has 9 heteroatoms. The molecule has 0 unspecified atom stereocenters. The van der Waals surface area contributed by atoms with Crippen molar-refractivity contribution in [2.75, 3.05) is 10.6 Å². The number of hydrogen-bond acceptors (Lipinski definition) is 3. The Morgan fingerprint density at radius 1 is 1.03 bits per heavy atom. The number of aromatic nitrogens is 1. The number of carbonyl (C=O) groups is 2. The van der Waals surface area contributed by atoms with E-state index in [2.05, 4.69) is 15.6 Å². The Kier molecular flexibility index (Phi) is 5.86. The molecule has 0 atom stereocenters. The maximum absolute atomic E-state index is 13.0. The van der Waals surface area contributed by atoms with Crippen LogP contribution in [0.5, 0.6) is 0 Å². The van der Waals surface area contributed by atoms with Gasteiger partial charge in [-0.05, 0) is 48.7 Å². The Bertz CT molecular complexity index is 876. The summed E-state index contributed by atoms with van der Waals surface area (Å²) < 4.78 is 49.6. The fourth-order valence-electron chi connectivity index (χ4n) is 3.17. The van der Waals surface area contributed by atoms with Gasteiger partial charge in [-0.2, -0.15) is 13.2 Å². The number of alkyl halides is 3. The minimum atomic E-state index is -4.40. The smallest absolute Gasteiger partial charge is 0.325 e. The lowest BCUT2D eigenvalue weighted by Crippen LogP contribution is -2.46. The molecule has 0 spiro atoms. The first-order chi connectivity index (χ1) is 13.7. The van der Waals surface area contributed by atoms with Crippen molar-refractivity contribution in [2.45, 2.75) is 43.7 Å². The highest BCUT2D eigenvalue weighted by Gasteiger charge is 2.46. The summed E-state index contributed by atoms with van der Waals surface area (Å²) >= 11 is 0. The number of nitrogens with zero attached hydrogens (tertiary/aromatic N) is 1. The molecule has 2 amide bonds. The van der Waals surface area contributed by atoms with Crippen molar-refractivity contribution in [2.24, 2.45) is 0 Å². The molecule has 5 nitrogen and oxygen atoms in total. The lowest BCUT2D eigenvalue weighted by atomic mass is 9.64. The summed E-state index contributed by atoms with van der Waals surface area (Å²) in [6.07, 6.45) is -2.77. The minimum absolute atomic E-state index is 0.120. The molecule has 0 aliphatic heterocycles. The first-order valence-electron chi connectivity index (χ1n) is 9.08. The van der Waals surface area contributed by atoms with E-state index < -0.39 is 36.2 Å². The van der Waals surface area contributed by atoms with Crippen LogP contribution in [-0.4, -0.2) is 23.0 Å². The zero-order chi connectivity index (χ0) is 21.1. The van der Waals surface area contributed by atoms with Crippen molar-refractivity contribution in [3.05, 3.63) is 54.0 Å². The van der Waals surface area contributed by atoms with E-state index in [4.69, 9.17) is 0 Å². The first-order valence-corrected chi connectivity index (χ1v) is 9.08. The van der Waals surface area contributed by atoms with Gasteiger partial charge in [0.2, 0.25) is 11.8 Å². The predicted octanol–water partition coefficient (Wildman–Crippen LogP) is 4.56. The molecular formula is C20H19F4N3O2. The summed E-state index contributed by atoms with van der Waals surface area (Å²) in [5.41, 5.74) is 0.348. The number of amides is 2. The Hall–Kier alpha value is -2.97. The molecule has 1 heterocycles. The number of pyridine rings is 1. The van der Waals surface area contributed by atoms with E-state index >= 15 is 0 Å². The van der Waals surface area contributed by atoms with E-state index in [0.717, 1.165) is 6.42 Å². The fraction of sp³-hybridized carbons (Fsp3) is 0.350. The summed E-state index contributed by atoms with van der Waals surface area (Å²) in [6, 6.07) is 8.54. The molecule has 1 saturated carbocycles. The molecule has 0 radical (unpaired) electrons. The third-order valence-corrected chi connectivity index (χ3v) is 4.96. The molecule has 0 bridgehead atoms. The predicted molar refractivity (Wildman–Crippen MR) is 98.7 cm³/mol. The molecule has 1 fully saturated rings. The molecular weight excluding hydrogens is 390 g/mol. The molecule has 1 aliphatic rings. The average Bonchev–Trinajstić information content (AvgIpc) is 2.62. The van der Waals surface area contributed by atoms with Gasteiger partial charge in [0.05, 0.1) is 11.8 Å². The highest BCUT2D eigenvalue weighted by atomic mass is 19.4. The van der Waals surface area contributed by atoms with Crippen LogP contribution in [-0.2, 0) is 15.0 Å². The molecule has 1 aromatic heterocycles. The standard InChI is InChI=1S/C20H19F4N3O2/c21-14-3-5-15(6-4-14)26-18(29)19(9-1-10-19)13-2-7-16(25-12-13)27-17(28)8-11-20(22,23)24/h2-7,12H,1,8-11H2,(H,26,29)(H,25,27,28). The summed E-state index contributed by atoms with van der Waals surface area (Å²) in [5.74, 6) is -1.30. The third kappa shape index (κ3) is 5.10. The number of rotatable bonds is 6. The summed E-state index contributed by atoms with van der Waals surface area (Å²) in [7, 11) is 0. The van der Waals surface area contributed by atoms with E-state index in [0.29, 0.717) is 24.1 Å². The van der Waals surface area contributed by atoms with Gasteiger partial charge in [0.15, 0.2) is 0 Å². The van der Waals surface area contributed by atoms with Crippen LogP contribution >= 0.6 is 0 Å². The van der Waals surface area contributed by atoms with Crippen LogP contribution in [0.3, 0.4) is 0 Å². The average molecular weight is 409 g/mol. The molecule has 1 aromatic carbocycles. The van der Waals surface area contributed by atoms with Crippen molar-refractivity contribution < 1.29 is 27.2 Å². The maximum Gasteiger partial charge on any atom is 0.389 e. The number of hydrogen-bond donors (Lipinski definition) is 2. The topological polar surface area (TPSA) is 71.1 Å². The fourth-order valence-corrected chi connectivity index (χ4v) is 3.17.